The minimum atomic E-state index is -4.96. The predicted octanol–water partition coefficient (Wildman–Crippen LogP) is 7.38. The molecule has 0 radical (unpaired) electrons. The summed E-state index contributed by atoms with van der Waals surface area (Å²) >= 11 is 0. The monoisotopic (exact) mass is 1140 g/mol. The molecule has 80 heavy (non-hydrogen) atoms. The number of ether oxygens (including phenoxy) is 6. The van der Waals surface area contributed by atoms with E-state index in [0.29, 0.717) is 37.3 Å². The van der Waals surface area contributed by atoms with Crippen molar-refractivity contribution in [2.24, 2.45) is 0 Å². The van der Waals surface area contributed by atoms with Crippen molar-refractivity contribution in [3.05, 3.63) is 134 Å². The maximum absolute atomic E-state index is 13.7. The number of hydrogen-bond donors (Lipinski definition) is 4. The first-order valence-corrected chi connectivity index (χ1v) is 27.5. The Morgan fingerprint density at radius 2 is 1.45 bits per heavy atom. The van der Waals surface area contributed by atoms with Gasteiger partial charge in [-0.1, -0.05) is 67.4 Å². The van der Waals surface area contributed by atoms with Gasteiger partial charge in [-0.2, -0.15) is 18.4 Å². The molecular weight excluding hydrogens is 1070 g/mol. The van der Waals surface area contributed by atoms with E-state index in [1.54, 1.807) is 19.5 Å². The van der Waals surface area contributed by atoms with Gasteiger partial charge in [0.1, 0.15) is 36.0 Å². The Morgan fingerprint density at radius 3 is 2.06 bits per heavy atom. The summed E-state index contributed by atoms with van der Waals surface area (Å²) in [7, 11) is 1.39. The lowest BCUT2D eigenvalue weighted by Gasteiger charge is -2.39. The number of carbonyl (C=O) groups is 3. The summed E-state index contributed by atoms with van der Waals surface area (Å²) in [5.74, 6) is -1.40. The fourth-order valence-electron chi connectivity index (χ4n) is 8.72. The van der Waals surface area contributed by atoms with E-state index in [-0.39, 0.29) is 94.9 Å². The second-order valence-electron chi connectivity index (χ2n) is 19.0. The minimum absolute atomic E-state index is 0.0232. The van der Waals surface area contributed by atoms with Crippen LogP contribution in [0.4, 0.5) is 13.2 Å². The Bertz CT molecular complexity index is 2690. The number of hydrogen-bond acceptors (Lipinski definition) is 15. The maximum atomic E-state index is 13.7. The molecule has 1 unspecified atom stereocenters. The zero-order valence-corrected chi connectivity index (χ0v) is 46.9. The molecule has 3 amide bonds. The van der Waals surface area contributed by atoms with E-state index in [4.69, 9.17) is 37.5 Å². The van der Waals surface area contributed by atoms with Crippen LogP contribution in [0.2, 0.25) is 0 Å². The Kier molecular flexibility index (Phi) is 26.3. The van der Waals surface area contributed by atoms with Crippen LogP contribution in [0, 0.1) is 11.3 Å². The largest absolute Gasteiger partial charge is 0.497 e. The van der Waals surface area contributed by atoms with Crippen molar-refractivity contribution in [1.82, 2.24) is 30.2 Å². The van der Waals surface area contributed by atoms with Crippen LogP contribution < -0.4 is 36.7 Å². The lowest BCUT2D eigenvalue weighted by molar-refractivity contribution is -0.173. The first-order chi connectivity index (χ1) is 38.4. The lowest BCUT2D eigenvalue weighted by Crippen LogP contribution is -2.39. The summed E-state index contributed by atoms with van der Waals surface area (Å²) in [6.07, 6.45) is -0.346. The molecule has 4 N–H and O–H groups in total. The number of halogens is 3. The summed E-state index contributed by atoms with van der Waals surface area (Å²) in [5, 5.41) is 16.5. The van der Waals surface area contributed by atoms with Crippen LogP contribution in [-0.4, -0.2) is 129 Å². The van der Waals surface area contributed by atoms with E-state index in [1.165, 1.54) is 23.0 Å². The number of aromatic amines is 1. The van der Waals surface area contributed by atoms with Gasteiger partial charge in [-0.25, -0.2) is 9.46 Å². The number of alkyl halides is 3. The van der Waals surface area contributed by atoms with Gasteiger partial charge >= 0.3 is 17.8 Å². The number of nitriles is 1. The SMILES string of the molecule is COc1ccc(C(OC[C@H]2O[C@@H](n3cc(/C=C/NC(=O)CCCCCCNC(=O)COCCOCCNC(=O)C(F)(F)F)c(=O)[nH]c3=O)C[C@@H]2OP(OCCC#N)N(C(C)C)C(C)C)(c2ccccc2)c2ccc(OC)cc2)cc1. The summed E-state index contributed by atoms with van der Waals surface area (Å²) in [6.45, 7) is 7.90. The van der Waals surface area contributed by atoms with Crippen molar-refractivity contribution < 1.29 is 65.0 Å². The Hall–Kier alpha value is -6.48. The molecule has 436 valence electrons. The Labute approximate surface area is 465 Å². The number of nitrogens with zero attached hydrogens (tertiary/aromatic N) is 3. The molecule has 4 atom stereocenters. The molecule has 1 aliphatic heterocycles. The summed E-state index contributed by atoms with van der Waals surface area (Å²) in [6, 6.07) is 27.1. The smallest absolute Gasteiger partial charge is 0.471 e. The molecular formula is C56H73F3N7O13P. The molecule has 1 aliphatic rings. The van der Waals surface area contributed by atoms with E-state index in [9.17, 15) is 42.4 Å². The minimum Gasteiger partial charge on any atom is -0.497 e. The first-order valence-electron chi connectivity index (χ1n) is 26.4. The van der Waals surface area contributed by atoms with Crippen molar-refractivity contribution in [3.63, 3.8) is 0 Å². The highest BCUT2D eigenvalue weighted by Gasteiger charge is 2.45. The molecule has 3 aromatic carbocycles. The van der Waals surface area contributed by atoms with Crippen LogP contribution in [0.1, 0.15) is 101 Å². The van der Waals surface area contributed by atoms with Crippen molar-refractivity contribution in [3.8, 4) is 17.6 Å². The van der Waals surface area contributed by atoms with Gasteiger partial charge in [-0.15, -0.1) is 0 Å². The maximum Gasteiger partial charge on any atom is 0.471 e. The van der Waals surface area contributed by atoms with E-state index >= 15 is 0 Å². The number of aromatic nitrogens is 2. The van der Waals surface area contributed by atoms with Crippen LogP contribution in [0.3, 0.4) is 0 Å². The third-order valence-electron chi connectivity index (χ3n) is 12.6. The number of rotatable bonds is 34. The number of amides is 3. The second kappa shape index (κ2) is 32.7. The van der Waals surface area contributed by atoms with Gasteiger partial charge in [-0.05, 0) is 87.6 Å². The molecule has 24 heteroatoms. The number of unbranched alkanes of at least 4 members (excludes halogenated alkanes) is 3. The van der Waals surface area contributed by atoms with Crippen molar-refractivity contribution >= 4 is 32.3 Å². The molecule has 2 heterocycles. The normalized spacial score (nSPS) is 16.0. The van der Waals surface area contributed by atoms with Gasteiger partial charge in [0.15, 0.2) is 0 Å². The average molecular weight is 1140 g/mol. The van der Waals surface area contributed by atoms with Gasteiger partial charge < -0.3 is 53.4 Å². The number of benzene rings is 3. The van der Waals surface area contributed by atoms with Crippen LogP contribution in [0.25, 0.3) is 6.08 Å². The van der Waals surface area contributed by atoms with Crippen molar-refractivity contribution in [2.75, 3.05) is 67.0 Å². The molecule has 1 aromatic heterocycles. The van der Waals surface area contributed by atoms with Crippen LogP contribution >= 0.6 is 8.53 Å². The van der Waals surface area contributed by atoms with Gasteiger partial charge in [0.05, 0.1) is 71.4 Å². The van der Waals surface area contributed by atoms with Gasteiger partial charge in [0, 0.05) is 50.4 Å². The number of nitrogens with one attached hydrogen (secondary N) is 4. The molecule has 5 rings (SSSR count). The van der Waals surface area contributed by atoms with Crippen LogP contribution in [0.5, 0.6) is 11.5 Å². The first kappa shape index (κ1) is 64.3. The highest BCUT2D eigenvalue weighted by molar-refractivity contribution is 7.44. The van der Waals surface area contributed by atoms with E-state index in [1.807, 2.05) is 107 Å². The van der Waals surface area contributed by atoms with E-state index < -0.39 is 55.9 Å². The van der Waals surface area contributed by atoms with E-state index in [2.05, 4.69) is 26.4 Å². The van der Waals surface area contributed by atoms with Gasteiger partial charge in [0.25, 0.3) is 14.1 Å². The predicted molar refractivity (Wildman–Crippen MR) is 292 cm³/mol. The molecule has 0 aliphatic carbocycles. The molecule has 0 saturated carbocycles. The zero-order chi connectivity index (χ0) is 58.1. The molecule has 0 bridgehead atoms. The number of H-pyrrole nitrogens is 1. The fraction of sp³-hybridized carbons (Fsp3) is 0.500. The summed E-state index contributed by atoms with van der Waals surface area (Å²) < 4.78 is 88.7. The second-order valence-corrected chi connectivity index (χ2v) is 20.4. The highest BCUT2D eigenvalue weighted by atomic mass is 31.2. The third-order valence-corrected chi connectivity index (χ3v) is 14.7. The number of carbonyl (C=O) groups excluding carboxylic acids is 3. The summed E-state index contributed by atoms with van der Waals surface area (Å²) in [4.78, 5) is 65.0. The molecule has 4 aromatic rings. The Balaban J connectivity index is 1.25. The quantitative estimate of drug-likeness (QED) is 0.0203. The lowest BCUT2D eigenvalue weighted by atomic mass is 9.80. The molecule has 20 nitrogen and oxygen atoms in total. The average Bonchev–Trinajstić information content (AvgIpc) is 3.84. The van der Waals surface area contributed by atoms with Gasteiger partial charge in [0.2, 0.25) is 11.8 Å². The third kappa shape index (κ3) is 19.4. The fourth-order valence-corrected chi connectivity index (χ4v) is 10.5. The molecule has 0 spiro atoms. The zero-order valence-electron chi connectivity index (χ0n) is 46.0. The van der Waals surface area contributed by atoms with Gasteiger partial charge in [-0.3, -0.25) is 28.7 Å². The standard InChI is InChI=1S/C56H73F3N7O13P/c1-39(2)66(40(3)4)80(77-31-14-27-60)79-47-35-51(78-48(47)37-76-55(42-15-10-9-11-16-42,43-18-22-45(72-5)23-19-43)44-20-24-46(73-6)25-21-44)65-36-41(52(69)64-54(65)71)26-29-62-49(67)17-12-7-8-13-28-61-50(68)38-75-34-33-74-32-30-63-53(70)56(57,58)59/h9-11,15-16,18-26,29,36,39-40,47-48,51H,7-8,12-14,17,28,30-35,37-38H2,1-6H3,(H,61,68)(H,62,67)(H,63,70)(H,64,69,71)/b29-26+/t47-,48+,51+,80?/m0/s1. The van der Waals surface area contributed by atoms with Crippen molar-refractivity contribution in [1.29, 1.82) is 5.26 Å². The molecule has 1 saturated heterocycles. The Morgan fingerprint density at radius 1 is 0.825 bits per heavy atom. The number of methoxy groups -OCH3 is 2. The highest BCUT2D eigenvalue weighted by Crippen LogP contribution is 2.51. The van der Waals surface area contributed by atoms with Crippen LogP contribution in [-0.2, 0) is 48.0 Å². The molecule has 1 fully saturated rings. The van der Waals surface area contributed by atoms with Crippen molar-refractivity contribution in [2.45, 2.75) is 115 Å². The van der Waals surface area contributed by atoms with Crippen LogP contribution in [0.15, 0.2) is 101 Å². The topological polar surface area (TPSA) is 243 Å². The van der Waals surface area contributed by atoms with E-state index in [0.717, 1.165) is 23.1 Å². The summed E-state index contributed by atoms with van der Waals surface area (Å²) in [5.41, 5.74) is -0.216.